The molecule has 0 bridgehead atoms. The molecule has 118 valence electrons. The summed E-state index contributed by atoms with van der Waals surface area (Å²) in [6.07, 6.45) is 2.34. The van der Waals surface area contributed by atoms with Gasteiger partial charge in [-0.2, -0.15) is 0 Å². The molecule has 0 saturated heterocycles. The third kappa shape index (κ3) is 3.33. The molecule has 1 heterocycles. The van der Waals surface area contributed by atoms with Crippen LogP contribution in [0.25, 0.3) is 0 Å². The normalized spacial score (nSPS) is 10.4. The van der Waals surface area contributed by atoms with Gasteiger partial charge in [-0.3, -0.25) is 0 Å². The minimum absolute atomic E-state index is 0.369. The highest BCUT2D eigenvalue weighted by Gasteiger charge is 2.15. The van der Waals surface area contributed by atoms with E-state index in [1.54, 1.807) is 21.3 Å². The zero-order chi connectivity index (χ0) is 16.1. The van der Waals surface area contributed by atoms with Crippen LogP contribution >= 0.6 is 11.8 Å². The van der Waals surface area contributed by atoms with Gasteiger partial charge >= 0.3 is 0 Å². The second-order valence-corrected chi connectivity index (χ2v) is 5.11. The number of benzene rings is 1. The average molecular weight is 322 g/mol. The van der Waals surface area contributed by atoms with Crippen LogP contribution in [0.4, 0.5) is 5.82 Å². The lowest BCUT2D eigenvalue weighted by Crippen LogP contribution is -2.06. The van der Waals surface area contributed by atoms with Crippen LogP contribution in [0.1, 0.15) is 11.3 Å². The summed E-state index contributed by atoms with van der Waals surface area (Å²) in [5.74, 6) is 2.07. The van der Waals surface area contributed by atoms with Crippen LogP contribution in [0.2, 0.25) is 0 Å². The van der Waals surface area contributed by atoms with E-state index < -0.39 is 0 Å². The summed E-state index contributed by atoms with van der Waals surface area (Å²) < 4.78 is 16.0. The maximum atomic E-state index is 5.93. The molecule has 8 heteroatoms. The van der Waals surface area contributed by atoms with E-state index in [9.17, 15) is 0 Å². The average Bonchev–Trinajstić information content (AvgIpc) is 2.55. The van der Waals surface area contributed by atoms with E-state index >= 15 is 0 Å². The van der Waals surface area contributed by atoms with Crippen molar-refractivity contribution < 1.29 is 14.2 Å². The van der Waals surface area contributed by atoms with Gasteiger partial charge < -0.3 is 19.9 Å². The first-order valence-electron chi connectivity index (χ1n) is 6.44. The minimum Gasteiger partial charge on any atom is -0.493 e. The Morgan fingerprint density at radius 2 is 1.68 bits per heavy atom. The SMILES string of the molecule is COc1cc(Cc2nnc(SC)nc2N)cc(OC)c1OC. The second-order valence-electron chi connectivity index (χ2n) is 4.34. The zero-order valence-electron chi connectivity index (χ0n) is 12.9. The van der Waals surface area contributed by atoms with Gasteiger partial charge in [-0.1, -0.05) is 11.8 Å². The van der Waals surface area contributed by atoms with E-state index in [-0.39, 0.29) is 0 Å². The highest BCUT2D eigenvalue weighted by molar-refractivity contribution is 7.98. The first kappa shape index (κ1) is 16.2. The monoisotopic (exact) mass is 322 g/mol. The van der Waals surface area contributed by atoms with Gasteiger partial charge in [0.05, 0.1) is 21.3 Å². The van der Waals surface area contributed by atoms with Crippen molar-refractivity contribution >= 4 is 17.6 Å². The summed E-state index contributed by atoms with van der Waals surface area (Å²) in [4.78, 5) is 4.19. The topological polar surface area (TPSA) is 92.4 Å². The predicted molar refractivity (Wildman–Crippen MR) is 84.9 cm³/mol. The lowest BCUT2D eigenvalue weighted by molar-refractivity contribution is 0.324. The number of nitrogens with zero attached hydrogens (tertiary/aromatic N) is 3. The van der Waals surface area contributed by atoms with Crippen molar-refractivity contribution in [3.8, 4) is 17.2 Å². The van der Waals surface area contributed by atoms with Crippen LogP contribution in [0.5, 0.6) is 17.2 Å². The Morgan fingerprint density at radius 1 is 1.05 bits per heavy atom. The van der Waals surface area contributed by atoms with Crippen LogP contribution in [-0.2, 0) is 6.42 Å². The van der Waals surface area contributed by atoms with E-state index in [1.807, 2.05) is 18.4 Å². The maximum absolute atomic E-state index is 5.93. The van der Waals surface area contributed by atoms with E-state index in [1.165, 1.54) is 11.8 Å². The first-order valence-corrected chi connectivity index (χ1v) is 7.67. The molecular weight excluding hydrogens is 304 g/mol. The molecule has 0 aliphatic carbocycles. The van der Waals surface area contributed by atoms with Crippen LogP contribution in [0.3, 0.4) is 0 Å². The molecule has 0 fully saturated rings. The van der Waals surface area contributed by atoms with Gasteiger partial charge in [-0.05, 0) is 24.0 Å². The minimum atomic E-state index is 0.369. The van der Waals surface area contributed by atoms with Crippen molar-refractivity contribution in [1.29, 1.82) is 0 Å². The van der Waals surface area contributed by atoms with Gasteiger partial charge in [0, 0.05) is 6.42 Å². The van der Waals surface area contributed by atoms with E-state index in [0.717, 1.165) is 5.56 Å². The van der Waals surface area contributed by atoms with Crippen molar-refractivity contribution in [1.82, 2.24) is 15.2 Å². The van der Waals surface area contributed by atoms with Crippen molar-refractivity contribution in [3.63, 3.8) is 0 Å². The molecule has 7 nitrogen and oxygen atoms in total. The van der Waals surface area contributed by atoms with Gasteiger partial charge in [0.15, 0.2) is 17.3 Å². The van der Waals surface area contributed by atoms with Gasteiger partial charge in [-0.25, -0.2) is 4.98 Å². The molecule has 0 aliphatic heterocycles. The molecule has 0 amide bonds. The Kier molecular flexibility index (Phi) is 5.26. The molecule has 0 spiro atoms. The number of aromatic nitrogens is 3. The standard InChI is InChI=1S/C14H18N4O3S/c1-19-10-6-8(7-11(20-2)12(10)21-3)5-9-13(15)16-14(22-4)18-17-9/h6-7H,5H2,1-4H3,(H2,15,16,18). The van der Waals surface area contributed by atoms with Gasteiger partial charge in [0.2, 0.25) is 10.9 Å². The van der Waals surface area contributed by atoms with E-state index in [4.69, 9.17) is 19.9 Å². The quantitative estimate of drug-likeness (QED) is 0.805. The Morgan fingerprint density at radius 3 is 2.14 bits per heavy atom. The van der Waals surface area contributed by atoms with Crippen molar-refractivity contribution in [2.45, 2.75) is 11.6 Å². The third-order valence-electron chi connectivity index (χ3n) is 3.05. The zero-order valence-corrected chi connectivity index (χ0v) is 13.7. The number of nitrogen functional groups attached to an aromatic ring is 1. The van der Waals surface area contributed by atoms with Crippen molar-refractivity contribution in [2.24, 2.45) is 0 Å². The fourth-order valence-electron chi connectivity index (χ4n) is 1.99. The molecule has 22 heavy (non-hydrogen) atoms. The highest BCUT2D eigenvalue weighted by Crippen LogP contribution is 2.38. The Labute approximate surface area is 133 Å². The predicted octanol–water partition coefficient (Wildman–Crippen LogP) is 1.79. The number of ether oxygens (including phenoxy) is 3. The Balaban J connectivity index is 2.37. The summed E-state index contributed by atoms with van der Waals surface area (Å²) >= 11 is 1.39. The molecule has 0 aliphatic rings. The van der Waals surface area contributed by atoms with Crippen LogP contribution in [0, 0.1) is 0 Å². The van der Waals surface area contributed by atoms with Crippen molar-refractivity contribution in [3.05, 3.63) is 23.4 Å². The molecular formula is C14H18N4O3S. The Bertz CT molecular complexity index is 642. The third-order valence-corrected chi connectivity index (χ3v) is 3.58. The van der Waals surface area contributed by atoms with Crippen LogP contribution in [-0.4, -0.2) is 42.8 Å². The summed E-state index contributed by atoms with van der Waals surface area (Å²) in [6, 6.07) is 3.70. The fraction of sp³-hybridized carbons (Fsp3) is 0.357. The molecule has 1 aromatic carbocycles. The number of hydrogen-bond acceptors (Lipinski definition) is 8. The summed E-state index contributed by atoms with van der Waals surface area (Å²) in [5.41, 5.74) is 7.44. The summed E-state index contributed by atoms with van der Waals surface area (Å²) in [5, 5.41) is 8.68. The molecule has 0 saturated carbocycles. The van der Waals surface area contributed by atoms with E-state index in [0.29, 0.717) is 40.3 Å². The van der Waals surface area contributed by atoms with Gasteiger partial charge in [0.25, 0.3) is 0 Å². The fourth-order valence-corrected chi connectivity index (χ4v) is 2.30. The summed E-state index contributed by atoms with van der Waals surface area (Å²) in [7, 11) is 4.71. The lowest BCUT2D eigenvalue weighted by Gasteiger charge is -2.14. The number of anilines is 1. The largest absolute Gasteiger partial charge is 0.493 e. The number of rotatable bonds is 6. The van der Waals surface area contributed by atoms with Crippen LogP contribution < -0.4 is 19.9 Å². The second kappa shape index (κ2) is 7.17. The smallest absolute Gasteiger partial charge is 0.210 e. The molecule has 1 aromatic heterocycles. The lowest BCUT2D eigenvalue weighted by atomic mass is 10.1. The van der Waals surface area contributed by atoms with Crippen LogP contribution in [0.15, 0.2) is 17.3 Å². The Hall–Kier alpha value is -2.22. The molecule has 2 aromatic rings. The van der Waals surface area contributed by atoms with Crippen molar-refractivity contribution in [2.75, 3.05) is 33.3 Å². The molecule has 0 radical (unpaired) electrons. The maximum Gasteiger partial charge on any atom is 0.210 e. The number of nitrogens with two attached hydrogens (primary N) is 1. The number of hydrogen-bond donors (Lipinski definition) is 1. The molecule has 0 unspecified atom stereocenters. The molecule has 2 N–H and O–H groups in total. The highest BCUT2D eigenvalue weighted by atomic mass is 32.2. The van der Waals surface area contributed by atoms with Gasteiger partial charge in [0.1, 0.15) is 5.69 Å². The number of thioether (sulfide) groups is 1. The van der Waals surface area contributed by atoms with Gasteiger partial charge in [-0.15, -0.1) is 10.2 Å². The first-order chi connectivity index (χ1) is 10.6. The number of methoxy groups -OCH3 is 3. The van der Waals surface area contributed by atoms with E-state index in [2.05, 4.69) is 15.2 Å². The molecule has 2 rings (SSSR count). The molecule has 0 atom stereocenters. The summed E-state index contributed by atoms with van der Waals surface area (Å²) in [6.45, 7) is 0.